The third-order valence-electron chi connectivity index (χ3n) is 3.21. The predicted molar refractivity (Wildman–Crippen MR) is 79.6 cm³/mol. The number of hydrogen-bond donors (Lipinski definition) is 0. The number of nitrogens with zero attached hydrogens (tertiary/aromatic N) is 1. The number of imide groups is 1. The molecule has 1 atom stereocenters. The molecule has 2 aromatic rings. The van der Waals surface area contributed by atoms with Gasteiger partial charge in [-0.25, -0.2) is 9.29 Å². The Bertz CT molecular complexity index is 672. The Morgan fingerprint density at radius 1 is 1.00 bits per heavy atom. The molecule has 0 radical (unpaired) electrons. The highest BCUT2D eigenvalue weighted by Gasteiger charge is 2.39. The van der Waals surface area contributed by atoms with E-state index in [1.54, 1.807) is 36.4 Å². The van der Waals surface area contributed by atoms with Crippen LogP contribution in [0.3, 0.4) is 0 Å². The van der Waals surface area contributed by atoms with Crippen LogP contribution in [0.2, 0.25) is 0 Å². The van der Waals surface area contributed by atoms with Gasteiger partial charge >= 0.3 is 0 Å². The first kappa shape index (κ1) is 13.8. The quantitative estimate of drug-likeness (QED) is 0.817. The minimum absolute atomic E-state index is 0.162. The Labute approximate surface area is 125 Å². The van der Waals surface area contributed by atoms with Gasteiger partial charge in [-0.1, -0.05) is 18.2 Å². The van der Waals surface area contributed by atoms with Crippen molar-refractivity contribution in [1.82, 2.24) is 0 Å². The van der Waals surface area contributed by atoms with E-state index in [4.69, 9.17) is 0 Å². The molecule has 0 saturated carbocycles. The van der Waals surface area contributed by atoms with E-state index < -0.39 is 5.25 Å². The maximum Gasteiger partial charge on any atom is 0.247 e. The summed E-state index contributed by atoms with van der Waals surface area (Å²) in [7, 11) is 0. The number of para-hydroxylation sites is 1. The van der Waals surface area contributed by atoms with Crippen molar-refractivity contribution in [2.75, 3.05) is 4.90 Å². The van der Waals surface area contributed by atoms with E-state index in [1.807, 2.05) is 6.07 Å². The number of anilines is 1. The van der Waals surface area contributed by atoms with Crippen LogP contribution < -0.4 is 4.90 Å². The Balaban J connectivity index is 1.79. The van der Waals surface area contributed by atoms with Gasteiger partial charge in [0.2, 0.25) is 11.8 Å². The second kappa shape index (κ2) is 5.69. The molecule has 0 aromatic heterocycles. The molecule has 1 aliphatic rings. The average Bonchev–Trinajstić information content (AvgIpc) is 2.77. The van der Waals surface area contributed by atoms with Gasteiger partial charge in [0.15, 0.2) is 0 Å². The van der Waals surface area contributed by atoms with Crippen molar-refractivity contribution in [1.29, 1.82) is 0 Å². The fourth-order valence-corrected chi connectivity index (χ4v) is 3.28. The predicted octanol–water partition coefficient (Wildman–Crippen LogP) is 3.25. The molecule has 5 heteroatoms. The lowest BCUT2D eigenvalue weighted by Gasteiger charge is -2.14. The zero-order valence-corrected chi connectivity index (χ0v) is 11.8. The van der Waals surface area contributed by atoms with Gasteiger partial charge in [0.05, 0.1) is 10.9 Å². The third kappa shape index (κ3) is 2.83. The minimum Gasteiger partial charge on any atom is -0.274 e. The summed E-state index contributed by atoms with van der Waals surface area (Å²) in [4.78, 5) is 26.5. The summed E-state index contributed by atoms with van der Waals surface area (Å²) in [5.74, 6) is -0.745. The first-order valence-corrected chi connectivity index (χ1v) is 7.37. The molecule has 3 rings (SSSR count). The van der Waals surface area contributed by atoms with Crippen LogP contribution in [0.15, 0.2) is 59.5 Å². The van der Waals surface area contributed by atoms with Gasteiger partial charge in [-0.2, -0.15) is 0 Å². The maximum atomic E-state index is 12.9. The van der Waals surface area contributed by atoms with Gasteiger partial charge in [-0.3, -0.25) is 9.59 Å². The van der Waals surface area contributed by atoms with E-state index in [1.165, 1.54) is 28.8 Å². The van der Waals surface area contributed by atoms with E-state index in [-0.39, 0.29) is 24.1 Å². The van der Waals surface area contributed by atoms with Crippen LogP contribution in [0, 0.1) is 5.82 Å². The zero-order chi connectivity index (χ0) is 14.8. The fraction of sp³-hybridized carbons (Fsp3) is 0.125. The summed E-state index contributed by atoms with van der Waals surface area (Å²) in [5.41, 5.74) is 0.592. The molecule has 0 spiro atoms. The molecule has 0 aliphatic carbocycles. The molecular formula is C16H12FNO2S. The molecule has 1 unspecified atom stereocenters. The summed E-state index contributed by atoms with van der Waals surface area (Å²) in [6.07, 6.45) is 0.162. The van der Waals surface area contributed by atoms with E-state index in [2.05, 4.69) is 0 Å². The first-order valence-electron chi connectivity index (χ1n) is 6.49. The van der Waals surface area contributed by atoms with Crippen LogP contribution >= 0.6 is 11.8 Å². The van der Waals surface area contributed by atoms with Gasteiger partial charge < -0.3 is 0 Å². The molecule has 0 N–H and O–H groups in total. The highest BCUT2D eigenvalue weighted by molar-refractivity contribution is 8.00. The van der Waals surface area contributed by atoms with Crippen molar-refractivity contribution in [3.8, 4) is 0 Å². The average molecular weight is 301 g/mol. The normalized spacial score (nSPS) is 18.3. The number of hydrogen-bond acceptors (Lipinski definition) is 3. The van der Waals surface area contributed by atoms with Gasteiger partial charge in [0.25, 0.3) is 0 Å². The number of carbonyl (C=O) groups is 2. The highest BCUT2D eigenvalue weighted by atomic mass is 32.2. The SMILES string of the molecule is O=C1CC(Sc2ccc(F)cc2)C(=O)N1c1ccccc1. The van der Waals surface area contributed by atoms with Crippen molar-refractivity contribution in [2.45, 2.75) is 16.6 Å². The Hall–Kier alpha value is -2.14. The summed E-state index contributed by atoms with van der Waals surface area (Å²) in [5, 5.41) is -0.455. The number of benzene rings is 2. The lowest BCUT2D eigenvalue weighted by Crippen LogP contribution is -2.30. The van der Waals surface area contributed by atoms with Gasteiger partial charge in [-0.15, -0.1) is 11.8 Å². The van der Waals surface area contributed by atoms with Gasteiger partial charge in [0, 0.05) is 11.3 Å². The van der Waals surface area contributed by atoms with Crippen molar-refractivity contribution in [2.24, 2.45) is 0 Å². The van der Waals surface area contributed by atoms with Crippen molar-refractivity contribution < 1.29 is 14.0 Å². The van der Waals surface area contributed by atoms with Crippen LogP contribution in [-0.2, 0) is 9.59 Å². The highest BCUT2D eigenvalue weighted by Crippen LogP contribution is 2.33. The standard InChI is InChI=1S/C16H12FNO2S/c17-11-6-8-13(9-7-11)21-14-10-15(19)18(16(14)20)12-4-2-1-3-5-12/h1-9,14H,10H2. The third-order valence-corrected chi connectivity index (χ3v) is 4.41. The van der Waals surface area contributed by atoms with Crippen LogP contribution in [0.4, 0.5) is 10.1 Å². The molecule has 2 aromatic carbocycles. The molecule has 3 nitrogen and oxygen atoms in total. The summed E-state index contributed by atoms with van der Waals surface area (Å²) < 4.78 is 12.9. The monoisotopic (exact) mass is 301 g/mol. The topological polar surface area (TPSA) is 37.4 Å². The molecule has 1 aliphatic heterocycles. The molecule has 106 valence electrons. The second-order valence-electron chi connectivity index (χ2n) is 4.67. The van der Waals surface area contributed by atoms with Crippen molar-refractivity contribution in [3.05, 3.63) is 60.4 Å². The van der Waals surface area contributed by atoms with Crippen LogP contribution in [0.5, 0.6) is 0 Å². The van der Waals surface area contributed by atoms with E-state index >= 15 is 0 Å². The molecule has 2 amide bonds. The molecule has 1 saturated heterocycles. The first-order chi connectivity index (χ1) is 10.1. The summed E-state index contributed by atoms with van der Waals surface area (Å²) in [6, 6.07) is 14.8. The summed E-state index contributed by atoms with van der Waals surface area (Å²) >= 11 is 1.29. The molecule has 0 bridgehead atoms. The lowest BCUT2D eigenvalue weighted by molar-refractivity contribution is -0.121. The Morgan fingerprint density at radius 2 is 1.67 bits per heavy atom. The molecule has 21 heavy (non-hydrogen) atoms. The fourth-order valence-electron chi connectivity index (χ4n) is 2.22. The maximum absolute atomic E-state index is 12.9. The number of halogens is 1. The molecule has 1 heterocycles. The van der Waals surface area contributed by atoms with Crippen LogP contribution in [0.25, 0.3) is 0 Å². The van der Waals surface area contributed by atoms with Crippen molar-refractivity contribution in [3.63, 3.8) is 0 Å². The van der Waals surface area contributed by atoms with Gasteiger partial charge in [-0.05, 0) is 36.4 Å². The number of rotatable bonds is 3. The van der Waals surface area contributed by atoms with Gasteiger partial charge in [0.1, 0.15) is 5.82 Å². The lowest BCUT2D eigenvalue weighted by atomic mass is 10.3. The van der Waals surface area contributed by atoms with E-state index in [0.717, 1.165) is 4.90 Å². The largest absolute Gasteiger partial charge is 0.274 e. The minimum atomic E-state index is -0.455. The van der Waals surface area contributed by atoms with E-state index in [9.17, 15) is 14.0 Å². The smallest absolute Gasteiger partial charge is 0.247 e. The Morgan fingerprint density at radius 3 is 2.33 bits per heavy atom. The van der Waals surface area contributed by atoms with E-state index in [0.29, 0.717) is 5.69 Å². The number of thioether (sulfide) groups is 1. The number of carbonyl (C=O) groups excluding carboxylic acids is 2. The van der Waals surface area contributed by atoms with Crippen LogP contribution in [0.1, 0.15) is 6.42 Å². The van der Waals surface area contributed by atoms with Crippen molar-refractivity contribution >= 4 is 29.3 Å². The Kier molecular flexibility index (Phi) is 3.75. The zero-order valence-electron chi connectivity index (χ0n) is 11.0. The summed E-state index contributed by atoms with van der Waals surface area (Å²) in [6.45, 7) is 0. The number of amides is 2. The van der Waals surface area contributed by atoms with Crippen LogP contribution in [-0.4, -0.2) is 17.1 Å². The second-order valence-corrected chi connectivity index (χ2v) is 5.94. The molecular weight excluding hydrogens is 289 g/mol. The molecule has 1 fully saturated rings.